The third-order valence-electron chi connectivity index (χ3n) is 4.99. The number of amides is 2. The molecule has 1 aliphatic heterocycles. The molecule has 0 spiro atoms. The molecule has 8 nitrogen and oxygen atoms in total. The highest BCUT2D eigenvalue weighted by Crippen LogP contribution is 2.22. The average molecular weight is 432 g/mol. The molecule has 1 fully saturated rings. The summed E-state index contributed by atoms with van der Waals surface area (Å²) in [6, 6.07) is 12.5. The number of benzene rings is 2. The highest BCUT2D eigenvalue weighted by Gasteiger charge is 2.26. The van der Waals surface area contributed by atoms with Crippen molar-refractivity contribution >= 4 is 27.5 Å². The molecule has 160 valence electrons. The Hall–Kier alpha value is -3.07. The number of primary amides is 1. The maximum absolute atomic E-state index is 12.8. The Balaban J connectivity index is 1.70. The number of nitrogens with one attached hydrogen (secondary N) is 1. The highest BCUT2D eigenvalue weighted by molar-refractivity contribution is 7.92. The highest BCUT2D eigenvalue weighted by atomic mass is 32.2. The standard InChI is InChI=1S/C21H25N3O5S/c1-2-29-18-6-8-19(9-7-18)30(27,28)23-17-5-3-4-16(14-17)21(26)24-12-10-15(11-13-24)20(22)25/h3-9,14-15,23H,2,10-13H2,1H3,(H2,22,25). The minimum Gasteiger partial charge on any atom is -0.494 e. The molecule has 30 heavy (non-hydrogen) atoms. The molecule has 2 aromatic rings. The fourth-order valence-corrected chi connectivity index (χ4v) is 4.41. The first kappa shape index (κ1) is 21.6. The molecule has 3 N–H and O–H groups in total. The molecule has 0 saturated carbocycles. The van der Waals surface area contributed by atoms with Gasteiger partial charge in [0.2, 0.25) is 5.91 Å². The smallest absolute Gasteiger partial charge is 0.261 e. The van der Waals surface area contributed by atoms with Crippen molar-refractivity contribution in [3.63, 3.8) is 0 Å². The normalized spacial score (nSPS) is 14.9. The van der Waals surface area contributed by atoms with Gasteiger partial charge < -0.3 is 15.4 Å². The molecule has 0 unspecified atom stereocenters. The number of rotatable bonds is 7. The molecule has 0 radical (unpaired) electrons. The van der Waals surface area contributed by atoms with Crippen LogP contribution in [0.25, 0.3) is 0 Å². The molecule has 9 heteroatoms. The summed E-state index contributed by atoms with van der Waals surface area (Å²) in [5.74, 6) is -0.168. The van der Waals surface area contributed by atoms with E-state index in [-0.39, 0.29) is 22.6 Å². The van der Waals surface area contributed by atoms with E-state index in [1.807, 2.05) is 6.92 Å². The van der Waals surface area contributed by atoms with Crippen LogP contribution in [0.15, 0.2) is 53.4 Å². The zero-order valence-electron chi connectivity index (χ0n) is 16.7. The van der Waals surface area contributed by atoms with Gasteiger partial charge in [0.05, 0.1) is 11.5 Å². The summed E-state index contributed by atoms with van der Waals surface area (Å²) in [5.41, 5.74) is 6.00. The van der Waals surface area contributed by atoms with Crippen LogP contribution in [0, 0.1) is 5.92 Å². The Morgan fingerprint density at radius 1 is 1.13 bits per heavy atom. The van der Waals surface area contributed by atoms with Gasteiger partial charge in [-0.2, -0.15) is 0 Å². The van der Waals surface area contributed by atoms with E-state index >= 15 is 0 Å². The Labute approximate surface area is 176 Å². The van der Waals surface area contributed by atoms with Crippen LogP contribution in [-0.2, 0) is 14.8 Å². The van der Waals surface area contributed by atoms with Crippen molar-refractivity contribution in [3.8, 4) is 5.75 Å². The first-order valence-electron chi connectivity index (χ1n) is 9.74. The van der Waals surface area contributed by atoms with E-state index in [0.717, 1.165) is 0 Å². The Kier molecular flexibility index (Phi) is 6.61. The molecule has 0 atom stereocenters. The number of nitrogens with two attached hydrogens (primary N) is 1. The molecule has 2 aromatic carbocycles. The van der Waals surface area contributed by atoms with E-state index in [1.54, 1.807) is 35.2 Å². The van der Waals surface area contributed by atoms with Crippen LogP contribution in [0.2, 0.25) is 0 Å². The number of hydrogen-bond acceptors (Lipinski definition) is 5. The summed E-state index contributed by atoms with van der Waals surface area (Å²) >= 11 is 0. The molecule has 1 aliphatic rings. The summed E-state index contributed by atoms with van der Waals surface area (Å²) in [6.07, 6.45) is 1.07. The van der Waals surface area contributed by atoms with Crippen molar-refractivity contribution in [3.05, 3.63) is 54.1 Å². The van der Waals surface area contributed by atoms with Gasteiger partial charge in [-0.1, -0.05) is 6.07 Å². The van der Waals surface area contributed by atoms with Crippen LogP contribution in [0.3, 0.4) is 0 Å². The number of carbonyl (C=O) groups excluding carboxylic acids is 2. The van der Waals surface area contributed by atoms with E-state index in [1.165, 1.54) is 18.2 Å². The molecule has 1 saturated heterocycles. The Morgan fingerprint density at radius 3 is 2.40 bits per heavy atom. The zero-order valence-corrected chi connectivity index (χ0v) is 17.5. The number of hydrogen-bond donors (Lipinski definition) is 2. The quantitative estimate of drug-likeness (QED) is 0.697. The predicted octanol–water partition coefficient (Wildman–Crippen LogP) is 2.22. The van der Waals surface area contributed by atoms with Crippen molar-refractivity contribution in [2.24, 2.45) is 11.7 Å². The Morgan fingerprint density at radius 2 is 1.80 bits per heavy atom. The fourth-order valence-electron chi connectivity index (χ4n) is 3.36. The van der Waals surface area contributed by atoms with Gasteiger partial charge in [-0.15, -0.1) is 0 Å². The lowest BCUT2D eigenvalue weighted by Crippen LogP contribution is -2.41. The lowest BCUT2D eigenvalue weighted by Gasteiger charge is -2.30. The molecule has 0 aromatic heterocycles. The van der Waals surface area contributed by atoms with E-state index in [2.05, 4.69) is 4.72 Å². The molecule has 3 rings (SSSR count). The van der Waals surface area contributed by atoms with E-state index in [0.29, 0.717) is 49.5 Å². The molecule has 0 bridgehead atoms. The first-order valence-corrected chi connectivity index (χ1v) is 11.2. The molecular weight excluding hydrogens is 406 g/mol. The summed E-state index contributed by atoms with van der Waals surface area (Å²) in [6.45, 7) is 3.22. The van der Waals surface area contributed by atoms with Crippen LogP contribution in [0.5, 0.6) is 5.75 Å². The fraction of sp³-hybridized carbons (Fsp3) is 0.333. The Bertz CT molecular complexity index is 1010. The van der Waals surface area contributed by atoms with Gasteiger partial charge in [0, 0.05) is 30.3 Å². The summed E-state index contributed by atoms with van der Waals surface area (Å²) in [5, 5.41) is 0. The van der Waals surface area contributed by atoms with Crippen LogP contribution < -0.4 is 15.2 Å². The average Bonchev–Trinajstić information content (AvgIpc) is 2.74. The maximum Gasteiger partial charge on any atom is 0.261 e. The van der Waals surface area contributed by atoms with Crippen LogP contribution >= 0.6 is 0 Å². The summed E-state index contributed by atoms with van der Waals surface area (Å²) in [7, 11) is -3.81. The van der Waals surface area contributed by atoms with Crippen LogP contribution in [0.1, 0.15) is 30.1 Å². The number of anilines is 1. The molecule has 2 amide bonds. The largest absolute Gasteiger partial charge is 0.494 e. The second-order valence-electron chi connectivity index (χ2n) is 7.06. The van der Waals surface area contributed by atoms with Crippen LogP contribution in [-0.4, -0.2) is 44.8 Å². The summed E-state index contributed by atoms with van der Waals surface area (Å²) < 4.78 is 33.2. The van der Waals surface area contributed by atoms with Gasteiger partial charge in [-0.3, -0.25) is 14.3 Å². The number of nitrogens with zero attached hydrogens (tertiary/aromatic N) is 1. The van der Waals surface area contributed by atoms with E-state index in [4.69, 9.17) is 10.5 Å². The van der Waals surface area contributed by atoms with Gasteiger partial charge >= 0.3 is 0 Å². The number of sulfonamides is 1. The van der Waals surface area contributed by atoms with Gasteiger partial charge in [0.15, 0.2) is 0 Å². The third kappa shape index (κ3) is 5.10. The lowest BCUT2D eigenvalue weighted by atomic mass is 9.96. The van der Waals surface area contributed by atoms with E-state index in [9.17, 15) is 18.0 Å². The molecular formula is C21H25N3O5S. The van der Waals surface area contributed by atoms with E-state index < -0.39 is 10.0 Å². The molecule has 0 aliphatic carbocycles. The van der Waals surface area contributed by atoms with Gasteiger partial charge in [-0.05, 0) is 62.2 Å². The van der Waals surface area contributed by atoms with Crippen molar-refractivity contribution < 1.29 is 22.7 Å². The van der Waals surface area contributed by atoms with Gasteiger partial charge in [0.25, 0.3) is 15.9 Å². The summed E-state index contributed by atoms with van der Waals surface area (Å²) in [4.78, 5) is 25.8. The minimum atomic E-state index is -3.81. The van der Waals surface area contributed by atoms with Crippen molar-refractivity contribution in [1.29, 1.82) is 0 Å². The number of likely N-dealkylation sites (tertiary alicyclic amines) is 1. The van der Waals surface area contributed by atoms with Crippen molar-refractivity contribution in [1.82, 2.24) is 4.90 Å². The van der Waals surface area contributed by atoms with Gasteiger partial charge in [0.1, 0.15) is 5.75 Å². The number of carbonyl (C=O) groups is 2. The SMILES string of the molecule is CCOc1ccc(S(=O)(=O)Nc2cccc(C(=O)N3CCC(C(N)=O)CC3)c2)cc1. The molecule has 1 heterocycles. The van der Waals surface area contributed by atoms with Crippen molar-refractivity contribution in [2.45, 2.75) is 24.7 Å². The number of piperidine rings is 1. The third-order valence-corrected chi connectivity index (χ3v) is 6.39. The maximum atomic E-state index is 12.8. The van der Waals surface area contributed by atoms with Crippen LogP contribution in [0.4, 0.5) is 5.69 Å². The predicted molar refractivity (Wildman–Crippen MR) is 113 cm³/mol. The zero-order chi connectivity index (χ0) is 21.7. The van der Waals surface area contributed by atoms with Crippen molar-refractivity contribution in [2.75, 3.05) is 24.4 Å². The minimum absolute atomic E-state index is 0.0937. The second kappa shape index (κ2) is 9.17. The van der Waals surface area contributed by atoms with Gasteiger partial charge in [-0.25, -0.2) is 8.42 Å². The topological polar surface area (TPSA) is 119 Å². The second-order valence-corrected chi connectivity index (χ2v) is 8.74. The lowest BCUT2D eigenvalue weighted by molar-refractivity contribution is -0.123. The number of ether oxygens (including phenoxy) is 1. The monoisotopic (exact) mass is 431 g/mol. The first-order chi connectivity index (χ1) is 14.3.